The fraction of sp³-hybridized carbons (Fsp3) is 0.818. The van der Waals surface area contributed by atoms with E-state index in [4.69, 9.17) is 0 Å². The molecule has 100 valence electrons. The maximum Gasteiger partial charge on any atom is 0.225 e. The zero-order valence-corrected chi connectivity index (χ0v) is 13.1. The molecule has 0 saturated heterocycles. The molecule has 1 rings (SSSR count). The van der Waals surface area contributed by atoms with Crippen LogP contribution < -0.4 is 16.0 Å². The lowest BCUT2D eigenvalue weighted by molar-refractivity contribution is -0.128. The molecule has 0 aliphatic carbocycles. The Hall–Kier alpha value is -0.530. The minimum atomic E-state index is -0.319. The second kappa shape index (κ2) is 7.73. The van der Waals surface area contributed by atoms with Crippen molar-refractivity contribution in [2.24, 2.45) is 10.4 Å². The van der Waals surface area contributed by atoms with Gasteiger partial charge in [0.1, 0.15) is 0 Å². The van der Waals surface area contributed by atoms with Crippen molar-refractivity contribution in [1.82, 2.24) is 16.0 Å². The monoisotopic (exact) mass is 354 g/mol. The van der Waals surface area contributed by atoms with Crippen LogP contribution in [-0.4, -0.2) is 38.0 Å². The van der Waals surface area contributed by atoms with Gasteiger partial charge in [-0.25, -0.2) is 0 Å². The first-order valence-electron chi connectivity index (χ1n) is 5.80. The molecule has 5 nitrogen and oxygen atoms in total. The van der Waals surface area contributed by atoms with Crippen LogP contribution in [0.2, 0.25) is 0 Å². The van der Waals surface area contributed by atoms with Gasteiger partial charge < -0.3 is 16.0 Å². The van der Waals surface area contributed by atoms with Crippen LogP contribution in [0.25, 0.3) is 0 Å². The van der Waals surface area contributed by atoms with E-state index in [1.54, 1.807) is 0 Å². The first-order valence-corrected chi connectivity index (χ1v) is 5.80. The number of halogens is 1. The van der Waals surface area contributed by atoms with Crippen molar-refractivity contribution >= 4 is 35.8 Å². The lowest BCUT2D eigenvalue weighted by atomic mass is 9.96. The summed E-state index contributed by atoms with van der Waals surface area (Å²) < 4.78 is 0. The Kier molecular flexibility index (Phi) is 7.49. The molecule has 0 aromatic heterocycles. The first-order chi connectivity index (χ1) is 7.50. The standard InChI is InChI=1S/C11H22N4O.HI/c1-11(2,3)9(16)12-7-8-15-10-13-5-4-6-14-10;/h4-8H2,1-3H3,(H,12,16)(H2,13,14,15);1H. The van der Waals surface area contributed by atoms with Crippen molar-refractivity contribution < 1.29 is 4.79 Å². The summed E-state index contributed by atoms with van der Waals surface area (Å²) >= 11 is 0. The van der Waals surface area contributed by atoms with Crippen LogP contribution in [-0.2, 0) is 4.79 Å². The van der Waals surface area contributed by atoms with E-state index in [1.165, 1.54) is 0 Å². The van der Waals surface area contributed by atoms with Crippen molar-refractivity contribution in [2.45, 2.75) is 27.2 Å². The highest BCUT2D eigenvalue weighted by atomic mass is 127. The maximum absolute atomic E-state index is 11.5. The highest BCUT2D eigenvalue weighted by Crippen LogP contribution is 2.11. The van der Waals surface area contributed by atoms with Gasteiger partial charge in [-0.15, -0.1) is 24.0 Å². The molecule has 1 heterocycles. The van der Waals surface area contributed by atoms with Gasteiger partial charge in [0.2, 0.25) is 5.91 Å². The smallest absolute Gasteiger partial charge is 0.225 e. The van der Waals surface area contributed by atoms with Gasteiger partial charge in [-0.3, -0.25) is 9.79 Å². The predicted octanol–water partition coefficient (Wildman–Crippen LogP) is 0.706. The number of carbonyl (C=O) groups excluding carboxylic acids is 1. The van der Waals surface area contributed by atoms with Crippen LogP contribution in [0.3, 0.4) is 0 Å². The molecule has 0 aromatic rings. The van der Waals surface area contributed by atoms with Crippen LogP contribution in [0, 0.1) is 5.41 Å². The Morgan fingerprint density at radius 2 is 2.12 bits per heavy atom. The maximum atomic E-state index is 11.5. The van der Waals surface area contributed by atoms with Crippen molar-refractivity contribution in [1.29, 1.82) is 0 Å². The Morgan fingerprint density at radius 3 is 2.65 bits per heavy atom. The Labute approximate surface area is 120 Å². The van der Waals surface area contributed by atoms with Crippen LogP contribution in [0.1, 0.15) is 27.2 Å². The molecule has 6 heteroatoms. The summed E-state index contributed by atoms with van der Waals surface area (Å²) in [5.74, 6) is 0.920. The van der Waals surface area contributed by atoms with Gasteiger partial charge in [-0.2, -0.15) is 0 Å². The Balaban J connectivity index is 0.00000256. The lowest BCUT2D eigenvalue weighted by Crippen LogP contribution is -2.45. The average molecular weight is 354 g/mol. The topological polar surface area (TPSA) is 65.5 Å². The summed E-state index contributed by atoms with van der Waals surface area (Å²) in [4.78, 5) is 15.8. The van der Waals surface area contributed by atoms with Crippen molar-refractivity contribution in [3.05, 3.63) is 0 Å². The van der Waals surface area contributed by atoms with Crippen molar-refractivity contribution in [3.63, 3.8) is 0 Å². The fourth-order valence-corrected chi connectivity index (χ4v) is 1.27. The molecule has 0 saturated carbocycles. The fourth-order valence-electron chi connectivity index (χ4n) is 1.27. The number of hydrogen-bond donors (Lipinski definition) is 3. The zero-order valence-electron chi connectivity index (χ0n) is 10.8. The largest absolute Gasteiger partial charge is 0.356 e. The number of rotatable bonds is 3. The SMILES string of the molecule is CC(C)(C)C(=O)NCCNC1=NCCCN1.I. The number of nitrogens with zero attached hydrogens (tertiary/aromatic N) is 1. The number of aliphatic imine (C=N–C) groups is 1. The normalized spacial score (nSPS) is 15.1. The number of nitrogens with one attached hydrogen (secondary N) is 3. The van der Waals surface area contributed by atoms with E-state index in [-0.39, 0.29) is 35.3 Å². The van der Waals surface area contributed by atoms with E-state index in [1.807, 2.05) is 20.8 Å². The van der Waals surface area contributed by atoms with Crippen LogP contribution in [0.15, 0.2) is 4.99 Å². The molecule has 3 N–H and O–H groups in total. The number of hydrogen-bond acceptors (Lipinski definition) is 4. The molecular weight excluding hydrogens is 331 g/mol. The van der Waals surface area contributed by atoms with E-state index in [0.717, 1.165) is 25.5 Å². The highest BCUT2D eigenvalue weighted by molar-refractivity contribution is 14.0. The average Bonchev–Trinajstić information content (AvgIpc) is 2.24. The molecule has 0 aromatic carbocycles. The summed E-state index contributed by atoms with van der Waals surface area (Å²) in [7, 11) is 0. The molecule has 0 unspecified atom stereocenters. The second-order valence-corrected chi connectivity index (χ2v) is 4.94. The summed E-state index contributed by atoms with van der Waals surface area (Å²) in [6, 6.07) is 0. The van der Waals surface area contributed by atoms with Crippen LogP contribution >= 0.6 is 24.0 Å². The zero-order chi connectivity index (χ0) is 12.0. The highest BCUT2D eigenvalue weighted by Gasteiger charge is 2.20. The van der Waals surface area contributed by atoms with E-state index in [0.29, 0.717) is 13.1 Å². The molecule has 0 bridgehead atoms. The first kappa shape index (κ1) is 16.5. The molecule has 0 atom stereocenters. The summed E-state index contributed by atoms with van der Waals surface area (Å²) in [6.45, 7) is 8.89. The summed E-state index contributed by atoms with van der Waals surface area (Å²) in [5, 5.41) is 9.19. The third kappa shape index (κ3) is 6.70. The van der Waals surface area contributed by atoms with Gasteiger partial charge in [0, 0.05) is 31.6 Å². The number of guanidine groups is 1. The van der Waals surface area contributed by atoms with Gasteiger partial charge in [0.15, 0.2) is 5.96 Å². The van der Waals surface area contributed by atoms with Crippen LogP contribution in [0.4, 0.5) is 0 Å². The number of amides is 1. The lowest BCUT2D eigenvalue weighted by Gasteiger charge is -2.19. The van der Waals surface area contributed by atoms with Crippen LogP contribution in [0.5, 0.6) is 0 Å². The Morgan fingerprint density at radius 1 is 1.41 bits per heavy atom. The minimum Gasteiger partial charge on any atom is -0.356 e. The molecule has 0 radical (unpaired) electrons. The molecule has 1 amide bonds. The summed E-state index contributed by atoms with van der Waals surface area (Å²) in [5.41, 5.74) is -0.319. The van der Waals surface area contributed by atoms with E-state index < -0.39 is 0 Å². The molecule has 0 fully saturated rings. The van der Waals surface area contributed by atoms with Gasteiger partial charge in [0.25, 0.3) is 0 Å². The minimum absolute atomic E-state index is 0. The van der Waals surface area contributed by atoms with E-state index in [2.05, 4.69) is 20.9 Å². The third-order valence-corrected chi connectivity index (χ3v) is 2.28. The van der Waals surface area contributed by atoms with E-state index in [9.17, 15) is 4.79 Å². The van der Waals surface area contributed by atoms with Gasteiger partial charge in [-0.1, -0.05) is 20.8 Å². The molecule has 1 aliphatic rings. The van der Waals surface area contributed by atoms with Gasteiger partial charge in [-0.05, 0) is 6.42 Å². The summed E-state index contributed by atoms with van der Waals surface area (Å²) in [6.07, 6.45) is 1.09. The molecule has 1 aliphatic heterocycles. The third-order valence-electron chi connectivity index (χ3n) is 2.28. The predicted molar refractivity (Wildman–Crippen MR) is 80.8 cm³/mol. The Bertz CT molecular complexity index is 273. The van der Waals surface area contributed by atoms with E-state index >= 15 is 0 Å². The van der Waals surface area contributed by atoms with Gasteiger partial charge >= 0.3 is 0 Å². The van der Waals surface area contributed by atoms with Gasteiger partial charge in [0.05, 0.1) is 0 Å². The molecule has 17 heavy (non-hydrogen) atoms. The number of carbonyl (C=O) groups is 1. The molecule has 0 spiro atoms. The molecular formula is C11H23IN4O. The van der Waals surface area contributed by atoms with Crippen molar-refractivity contribution in [2.75, 3.05) is 26.2 Å². The second-order valence-electron chi connectivity index (χ2n) is 4.94. The van der Waals surface area contributed by atoms with Crippen molar-refractivity contribution in [3.8, 4) is 0 Å². The quantitative estimate of drug-likeness (QED) is 0.517.